The number of nitrogens with zero attached hydrogens (tertiary/aromatic N) is 2. The minimum atomic E-state index is -3.33. The van der Waals surface area contributed by atoms with Gasteiger partial charge in [0.05, 0.1) is 11.9 Å². The van der Waals surface area contributed by atoms with Crippen LogP contribution in [0.2, 0.25) is 0 Å². The highest BCUT2D eigenvalue weighted by atomic mass is 32.2. The molecule has 0 unspecified atom stereocenters. The molecule has 144 valence electrons. The average Bonchev–Trinajstić information content (AvgIpc) is 2.60. The maximum Gasteiger partial charge on any atom is 0.260 e. The van der Waals surface area contributed by atoms with Gasteiger partial charge in [0.1, 0.15) is 5.75 Å². The molecule has 0 aromatic heterocycles. The number of amides is 2. The molecule has 2 amide bonds. The van der Waals surface area contributed by atoms with E-state index in [1.54, 1.807) is 36.1 Å². The van der Waals surface area contributed by atoms with Crippen LogP contribution in [0.25, 0.3) is 0 Å². The number of likely N-dealkylation sites (tertiary alicyclic amines) is 1. The molecular weight excluding hydrogens is 358 g/mol. The summed E-state index contributed by atoms with van der Waals surface area (Å²) < 4.78 is 30.2. The minimum Gasteiger partial charge on any atom is -0.484 e. The second kappa shape index (κ2) is 8.39. The Bertz CT molecular complexity index is 740. The van der Waals surface area contributed by atoms with Crippen molar-refractivity contribution in [3.05, 3.63) is 24.3 Å². The predicted molar refractivity (Wildman–Crippen MR) is 98.3 cm³/mol. The van der Waals surface area contributed by atoms with Crippen LogP contribution in [-0.2, 0) is 19.6 Å². The number of anilines is 1. The predicted octanol–water partition coefficient (Wildman–Crippen LogP) is 0.575. The summed E-state index contributed by atoms with van der Waals surface area (Å²) >= 11 is 0. The van der Waals surface area contributed by atoms with E-state index in [-0.39, 0.29) is 24.3 Å². The van der Waals surface area contributed by atoms with Gasteiger partial charge in [0.25, 0.3) is 5.91 Å². The highest BCUT2D eigenvalue weighted by Gasteiger charge is 2.26. The van der Waals surface area contributed by atoms with E-state index in [0.717, 1.165) is 6.26 Å². The summed E-state index contributed by atoms with van der Waals surface area (Å²) in [4.78, 5) is 25.0. The van der Waals surface area contributed by atoms with Crippen LogP contribution in [0.1, 0.15) is 19.8 Å². The lowest BCUT2D eigenvalue weighted by Gasteiger charge is -2.30. The zero-order valence-electron chi connectivity index (χ0n) is 15.1. The van der Waals surface area contributed by atoms with E-state index in [1.165, 1.54) is 4.31 Å². The van der Waals surface area contributed by atoms with Gasteiger partial charge in [-0.05, 0) is 44.0 Å². The Kier molecular flexibility index (Phi) is 6.47. The Morgan fingerprint density at radius 2 is 1.81 bits per heavy atom. The highest BCUT2D eigenvalue weighted by molar-refractivity contribution is 7.92. The van der Waals surface area contributed by atoms with E-state index >= 15 is 0 Å². The van der Waals surface area contributed by atoms with Gasteiger partial charge in [-0.15, -0.1) is 0 Å². The lowest BCUT2D eigenvalue weighted by atomic mass is 9.96. The maximum absolute atomic E-state index is 12.2. The molecule has 1 aromatic carbocycles. The number of carbonyl (C=O) groups excluding carboxylic acids is 2. The van der Waals surface area contributed by atoms with Crippen molar-refractivity contribution in [1.29, 1.82) is 0 Å². The van der Waals surface area contributed by atoms with Crippen molar-refractivity contribution in [2.45, 2.75) is 19.8 Å². The number of carbonyl (C=O) groups is 2. The Labute approximate surface area is 153 Å². The molecule has 0 aliphatic carbocycles. The number of ether oxygens (including phenoxy) is 1. The van der Waals surface area contributed by atoms with Crippen molar-refractivity contribution >= 4 is 27.5 Å². The van der Waals surface area contributed by atoms with Crippen molar-refractivity contribution < 1.29 is 22.7 Å². The standard InChI is InChI=1S/C17H25N3O5S/c1-3-20(26(2,23)24)14-4-6-15(7-5-14)25-12-16(21)19-10-8-13(9-11-19)17(18)22/h4-7,13H,3,8-12H2,1-2H3,(H2,18,22). The third-order valence-corrected chi connectivity index (χ3v) is 5.69. The van der Waals surface area contributed by atoms with Crippen molar-refractivity contribution in [3.8, 4) is 5.75 Å². The summed E-state index contributed by atoms with van der Waals surface area (Å²) in [5, 5.41) is 0. The van der Waals surface area contributed by atoms with Crippen LogP contribution in [-0.4, -0.2) is 57.6 Å². The smallest absolute Gasteiger partial charge is 0.260 e. The molecule has 1 saturated heterocycles. The van der Waals surface area contributed by atoms with E-state index in [1.807, 2.05) is 0 Å². The molecule has 2 N–H and O–H groups in total. The number of hydrogen-bond acceptors (Lipinski definition) is 5. The van der Waals surface area contributed by atoms with Gasteiger partial charge in [0, 0.05) is 25.6 Å². The Hall–Kier alpha value is -2.29. The molecule has 26 heavy (non-hydrogen) atoms. The first kappa shape index (κ1) is 20.0. The number of piperidine rings is 1. The molecule has 0 radical (unpaired) electrons. The van der Waals surface area contributed by atoms with Crippen LogP contribution in [0.5, 0.6) is 5.75 Å². The molecule has 1 heterocycles. The number of primary amides is 1. The van der Waals surface area contributed by atoms with E-state index in [9.17, 15) is 18.0 Å². The molecule has 1 fully saturated rings. The Morgan fingerprint density at radius 1 is 1.23 bits per heavy atom. The van der Waals surface area contributed by atoms with Crippen LogP contribution in [0.4, 0.5) is 5.69 Å². The fourth-order valence-electron chi connectivity index (χ4n) is 2.97. The second-order valence-corrected chi connectivity index (χ2v) is 8.17. The quantitative estimate of drug-likeness (QED) is 0.740. The molecule has 1 aromatic rings. The van der Waals surface area contributed by atoms with Crippen LogP contribution < -0.4 is 14.8 Å². The van der Waals surface area contributed by atoms with Gasteiger partial charge in [0.15, 0.2) is 6.61 Å². The first-order valence-electron chi connectivity index (χ1n) is 8.50. The zero-order valence-corrected chi connectivity index (χ0v) is 15.9. The molecule has 0 atom stereocenters. The number of rotatable bonds is 7. The third kappa shape index (κ3) is 5.10. The number of hydrogen-bond donors (Lipinski definition) is 1. The molecule has 8 nitrogen and oxygen atoms in total. The number of benzene rings is 1. The van der Waals surface area contributed by atoms with Gasteiger partial charge >= 0.3 is 0 Å². The van der Waals surface area contributed by atoms with E-state index < -0.39 is 10.0 Å². The Balaban J connectivity index is 1.88. The molecule has 9 heteroatoms. The van der Waals surface area contributed by atoms with Gasteiger partial charge in [-0.2, -0.15) is 0 Å². The van der Waals surface area contributed by atoms with Crippen molar-refractivity contribution in [1.82, 2.24) is 4.90 Å². The van der Waals surface area contributed by atoms with Gasteiger partial charge < -0.3 is 15.4 Å². The van der Waals surface area contributed by atoms with Gasteiger partial charge in [-0.3, -0.25) is 13.9 Å². The molecule has 1 aliphatic rings. The van der Waals surface area contributed by atoms with E-state index in [4.69, 9.17) is 10.5 Å². The SMILES string of the molecule is CCN(c1ccc(OCC(=O)N2CCC(C(N)=O)CC2)cc1)S(C)(=O)=O. The monoisotopic (exact) mass is 383 g/mol. The topological polar surface area (TPSA) is 110 Å². The van der Waals surface area contributed by atoms with E-state index in [0.29, 0.717) is 43.9 Å². The maximum atomic E-state index is 12.2. The second-order valence-electron chi connectivity index (χ2n) is 6.27. The lowest BCUT2D eigenvalue weighted by molar-refractivity contribution is -0.136. The fourth-order valence-corrected chi connectivity index (χ4v) is 3.94. The number of sulfonamides is 1. The van der Waals surface area contributed by atoms with E-state index in [2.05, 4.69) is 0 Å². The fraction of sp³-hybridized carbons (Fsp3) is 0.529. The zero-order chi connectivity index (χ0) is 19.3. The summed E-state index contributed by atoms with van der Waals surface area (Å²) in [5.41, 5.74) is 5.83. The molecule has 0 spiro atoms. The van der Waals surface area contributed by atoms with Crippen molar-refractivity contribution in [2.24, 2.45) is 11.7 Å². The highest BCUT2D eigenvalue weighted by Crippen LogP contribution is 2.22. The van der Waals surface area contributed by atoms with Gasteiger partial charge in [-0.25, -0.2) is 8.42 Å². The normalized spacial score (nSPS) is 15.5. The molecule has 1 aliphatic heterocycles. The number of nitrogens with two attached hydrogens (primary N) is 1. The summed E-state index contributed by atoms with van der Waals surface area (Å²) in [6, 6.07) is 6.55. The molecular formula is C17H25N3O5S. The largest absolute Gasteiger partial charge is 0.484 e. The van der Waals surface area contributed by atoms with Crippen LogP contribution in [0.15, 0.2) is 24.3 Å². The summed E-state index contributed by atoms with van der Waals surface area (Å²) in [5.74, 6) is -0.144. The van der Waals surface area contributed by atoms with Gasteiger partial charge in [-0.1, -0.05) is 0 Å². The minimum absolute atomic E-state index is 0.107. The average molecular weight is 383 g/mol. The first-order chi connectivity index (χ1) is 12.2. The van der Waals surface area contributed by atoms with Crippen LogP contribution in [0, 0.1) is 5.92 Å². The lowest BCUT2D eigenvalue weighted by Crippen LogP contribution is -2.43. The molecule has 2 rings (SSSR count). The first-order valence-corrected chi connectivity index (χ1v) is 10.3. The summed E-state index contributed by atoms with van der Waals surface area (Å²) in [6.07, 6.45) is 2.31. The molecule has 0 saturated carbocycles. The summed E-state index contributed by atoms with van der Waals surface area (Å²) in [7, 11) is -3.33. The van der Waals surface area contributed by atoms with Crippen molar-refractivity contribution in [3.63, 3.8) is 0 Å². The van der Waals surface area contributed by atoms with Crippen LogP contribution >= 0.6 is 0 Å². The summed E-state index contributed by atoms with van der Waals surface area (Å²) in [6.45, 7) is 2.97. The molecule has 0 bridgehead atoms. The van der Waals surface area contributed by atoms with Crippen LogP contribution in [0.3, 0.4) is 0 Å². The Morgan fingerprint density at radius 3 is 2.27 bits per heavy atom. The van der Waals surface area contributed by atoms with Gasteiger partial charge in [0.2, 0.25) is 15.9 Å². The van der Waals surface area contributed by atoms with Crippen molar-refractivity contribution in [2.75, 3.05) is 36.8 Å². The third-order valence-electron chi connectivity index (χ3n) is 4.42.